The van der Waals surface area contributed by atoms with Crippen molar-refractivity contribution < 1.29 is 0 Å². The van der Waals surface area contributed by atoms with Crippen LogP contribution in [-0.2, 0) is 0 Å². The maximum Gasteiger partial charge on any atom is 0.186 e. The van der Waals surface area contributed by atoms with Crippen molar-refractivity contribution in [1.29, 1.82) is 5.41 Å². The zero-order valence-electron chi connectivity index (χ0n) is 9.40. The summed E-state index contributed by atoms with van der Waals surface area (Å²) in [6.45, 7) is 3.71. The lowest BCUT2D eigenvalue weighted by molar-refractivity contribution is 0.797. The number of nitrogen functional groups attached to an aromatic ring is 1. The first kappa shape index (κ1) is 12.0. The minimum absolute atomic E-state index is 0.0268. The minimum Gasteiger partial charge on any atom is -0.384 e. The summed E-state index contributed by atoms with van der Waals surface area (Å²) in [6, 6.07) is 0. The highest BCUT2D eigenvalue weighted by molar-refractivity contribution is 14.1. The lowest BCUT2D eigenvalue weighted by atomic mass is 10.1. The predicted octanol–water partition coefficient (Wildman–Crippen LogP) is 1.17. The van der Waals surface area contributed by atoms with Gasteiger partial charge in [-0.2, -0.15) is 10.2 Å². The normalized spacial score (nSPS) is 10.5. The molecule has 0 aliphatic rings. The number of hydrogen-bond donors (Lipinski definition) is 2. The molecule has 0 aliphatic carbocycles. The molecule has 0 aromatic carbocycles. The molecule has 3 N–H and O–H groups in total. The Balaban J connectivity index is 2.70. The average Bonchev–Trinajstić information content (AvgIpc) is 2.68. The van der Waals surface area contributed by atoms with Gasteiger partial charge in [0.25, 0.3) is 0 Å². The molecule has 0 saturated carbocycles. The minimum atomic E-state index is -0.0268. The Labute approximate surface area is 112 Å². The Morgan fingerprint density at radius 2 is 2.12 bits per heavy atom. The van der Waals surface area contributed by atoms with Gasteiger partial charge in [0, 0.05) is 6.20 Å². The summed E-state index contributed by atoms with van der Waals surface area (Å²) >= 11 is 2.16. The number of aryl methyl sites for hydroxylation is 1. The van der Waals surface area contributed by atoms with E-state index in [0.29, 0.717) is 11.4 Å². The largest absolute Gasteiger partial charge is 0.384 e. The van der Waals surface area contributed by atoms with E-state index in [1.54, 1.807) is 10.9 Å². The summed E-state index contributed by atoms with van der Waals surface area (Å²) in [5.41, 5.74) is 7.80. The first-order chi connectivity index (χ1) is 8.00. The lowest BCUT2D eigenvalue weighted by Crippen LogP contribution is -2.19. The molecule has 2 rings (SSSR count). The highest BCUT2D eigenvalue weighted by Crippen LogP contribution is 2.17. The molecule has 0 spiro atoms. The summed E-state index contributed by atoms with van der Waals surface area (Å²) in [6.07, 6.45) is 3.52. The highest BCUT2D eigenvalue weighted by Gasteiger charge is 2.15. The van der Waals surface area contributed by atoms with Crippen LogP contribution in [-0.4, -0.2) is 25.8 Å². The third-order valence-electron chi connectivity index (χ3n) is 2.47. The van der Waals surface area contributed by atoms with Crippen LogP contribution >= 0.6 is 22.6 Å². The van der Waals surface area contributed by atoms with Crippen molar-refractivity contribution >= 4 is 28.4 Å². The third kappa shape index (κ3) is 2.14. The van der Waals surface area contributed by atoms with Crippen LogP contribution < -0.4 is 5.73 Å². The smallest absolute Gasteiger partial charge is 0.186 e. The summed E-state index contributed by atoms with van der Waals surface area (Å²) < 4.78 is 2.56. The molecule has 0 bridgehead atoms. The Morgan fingerprint density at radius 3 is 2.65 bits per heavy atom. The molecule has 2 aromatic rings. The van der Waals surface area contributed by atoms with E-state index in [-0.39, 0.29) is 5.84 Å². The molecule has 2 aromatic heterocycles. The first-order valence-corrected chi connectivity index (χ1v) is 5.97. The van der Waals surface area contributed by atoms with E-state index in [1.807, 2.05) is 20.0 Å². The number of rotatable bonds is 2. The topological polar surface area (TPSA) is 93.5 Å². The predicted molar refractivity (Wildman–Crippen MR) is 72.4 cm³/mol. The highest BCUT2D eigenvalue weighted by atomic mass is 127. The summed E-state index contributed by atoms with van der Waals surface area (Å²) in [7, 11) is 0. The van der Waals surface area contributed by atoms with Crippen LogP contribution in [0, 0.1) is 22.8 Å². The van der Waals surface area contributed by atoms with Crippen molar-refractivity contribution in [3.8, 4) is 5.82 Å². The number of nitrogens with one attached hydrogen (secondary N) is 1. The second-order valence-corrected chi connectivity index (χ2v) is 4.87. The van der Waals surface area contributed by atoms with Gasteiger partial charge in [-0.05, 0) is 42.0 Å². The van der Waals surface area contributed by atoms with E-state index in [1.165, 1.54) is 0 Å². The molecule has 2 heterocycles. The Kier molecular flexibility index (Phi) is 3.09. The monoisotopic (exact) mass is 342 g/mol. The Hall–Kier alpha value is -1.51. The van der Waals surface area contributed by atoms with Gasteiger partial charge in [-0.15, -0.1) is 5.10 Å². The SMILES string of the molecule is Cc1nnc(-n2cc(I)cn2)c(C(=N)N)c1C. The zero-order chi connectivity index (χ0) is 12.6. The number of amidine groups is 1. The zero-order valence-corrected chi connectivity index (χ0v) is 11.6. The molecular formula is C10H11IN6. The standard InChI is InChI=1S/C10H11IN6/c1-5-6(2)15-16-10(8(5)9(12)13)17-4-7(11)3-14-17/h3-4H,1-2H3,(H3,12,13). The van der Waals surface area contributed by atoms with E-state index in [9.17, 15) is 0 Å². The van der Waals surface area contributed by atoms with Crippen molar-refractivity contribution in [2.75, 3.05) is 0 Å². The van der Waals surface area contributed by atoms with Crippen molar-refractivity contribution in [2.45, 2.75) is 13.8 Å². The van der Waals surface area contributed by atoms with Crippen LogP contribution in [0.5, 0.6) is 0 Å². The van der Waals surface area contributed by atoms with Crippen LogP contribution in [0.4, 0.5) is 0 Å². The van der Waals surface area contributed by atoms with E-state index in [0.717, 1.165) is 14.8 Å². The Bertz CT molecular complexity index is 588. The molecule has 6 nitrogen and oxygen atoms in total. The fraction of sp³-hybridized carbons (Fsp3) is 0.200. The summed E-state index contributed by atoms with van der Waals surface area (Å²) in [5, 5.41) is 19.9. The van der Waals surface area contributed by atoms with E-state index >= 15 is 0 Å². The second kappa shape index (κ2) is 4.40. The molecule has 0 unspecified atom stereocenters. The lowest BCUT2D eigenvalue weighted by Gasteiger charge is -2.10. The van der Waals surface area contributed by atoms with E-state index in [4.69, 9.17) is 11.1 Å². The van der Waals surface area contributed by atoms with E-state index < -0.39 is 0 Å². The maximum absolute atomic E-state index is 7.64. The van der Waals surface area contributed by atoms with Gasteiger partial charge in [0.15, 0.2) is 5.82 Å². The van der Waals surface area contributed by atoms with Crippen LogP contribution in [0.25, 0.3) is 5.82 Å². The Morgan fingerprint density at radius 1 is 1.41 bits per heavy atom. The molecule has 0 aliphatic heterocycles. The molecule has 7 heteroatoms. The van der Waals surface area contributed by atoms with Crippen molar-refractivity contribution in [3.05, 3.63) is 32.8 Å². The van der Waals surface area contributed by atoms with Crippen LogP contribution in [0.1, 0.15) is 16.8 Å². The fourth-order valence-electron chi connectivity index (χ4n) is 1.50. The number of halogens is 1. The number of nitrogens with zero attached hydrogens (tertiary/aromatic N) is 4. The van der Waals surface area contributed by atoms with Gasteiger partial charge in [-0.3, -0.25) is 5.41 Å². The van der Waals surface area contributed by atoms with Gasteiger partial charge in [0.1, 0.15) is 5.84 Å². The fourth-order valence-corrected chi connectivity index (χ4v) is 1.88. The number of nitrogens with two attached hydrogens (primary N) is 1. The van der Waals surface area contributed by atoms with Crippen LogP contribution in [0.3, 0.4) is 0 Å². The van der Waals surface area contributed by atoms with E-state index in [2.05, 4.69) is 37.9 Å². The van der Waals surface area contributed by atoms with Crippen molar-refractivity contribution in [2.24, 2.45) is 5.73 Å². The second-order valence-electron chi connectivity index (χ2n) is 3.63. The summed E-state index contributed by atoms with van der Waals surface area (Å²) in [5.74, 6) is 0.463. The molecule has 17 heavy (non-hydrogen) atoms. The van der Waals surface area contributed by atoms with Gasteiger partial charge in [-0.25, -0.2) is 4.68 Å². The molecule has 0 radical (unpaired) electrons. The first-order valence-electron chi connectivity index (χ1n) is 4.89. The van der Waals surface area contributed by atoms with Gasteiger partial charge in [0.2, 0.25) is 0 Å². The third-order valence-corrected chi connectivity index (χ3v) is 3.03. The molecule has 0 amide bonds. The van der Waals surface area contributed by atoms with Gasteiger partial charge < -0.3 is 5.73 Å². The van der Waals surface area contributed by atoms with Crippen molar-refractivity contribution in [1.82, 2.24) is 20.0 Å². The maximum atomic E-state index is 7.64. The summed E-state index contributed by atoms with van der Waals surface area (Å²) in [4.78, 5) is 0. The van der Waals surface area contributed by atoms with Gasteiger partial charge in [-0.1, -0.05) is 0 Å². The number of hydrogen-bond acceptors (Lipinski definition) is 4. The van der Waals surface area contributed by atoms with Crippen LogP contribution in [0.15, 0.2) is 12.4 Å². The quantitative estimate of drug-likeness (QED) is 0.487. The molecule has 0 atom stereocenters. The van der Waals surface area contributed by atoms with Gasteiger partial charge in [0.05, 0.1) is 21.0 Å². The molecule has 88 valence electrons. The average molecular weight is 342 g/mol. The van der Waals surface area contributed by atoms with Crippen molar-refractivity contribution in [3.63, 3.8) is 0 Å². The molecule has 0 saturated heterocycles. The number of aromatic nitrogens is 4. The van der Waals surface area contributed by atoms with Gasteiger partial charge >= 0.3 is 0 Å². The van der Waals surface area contributed by atoms with Crippen LogP contribution in [0.2, 0.25) is 0 Å². The molecular weight excluding hydrogens is 331 g/mol. The molecule has 0 fully saturated rings.